The smallest absolute Gasteiger partial charge is 0.272 e. The van der Waals surface area contributed by atoms with Crippen molar-refractivity contribution < 1.29 is 19.1 Å². The summed E-state index contributed by atoms with van der Waals surface area (Å²) in [6.45, 7) is 0. The van der Waals surface area contributed by atoms with Gasteiger partial charge in [0.2, 0.25) is 5.91 Å². The molecule has 5 aromatic carbocycles. The van der Waals surface area contributed by atoms with Gasteiger partial charge in [0.1, 0.15) is 11.4 Å². The van der Waals surface area contributed by atoms with Crippen molar-refractivity contribution in [3.05, 3.63) is 156 Å². The third-order valence-corrected chi connectivity index (χ3v) is 9.19. The molecule has 0 spiro atoms. The maximum atomic E-state index is 13.6. The molecule has 248 valence electrons. The van der Waals surface area contributed by atoms with Gasteiger partial charge in [-0.1, -0.05) is 91.0 Å². The van der Waals surface area contributed by atoms with E-state index in [-0.39, 0.29) is 17.4 Å². The number of ether oxygens (including phenoxy) is 1. The number of carbonyl (C=O) groups is 3. The molecule has 0 aliphatic carbocycles. The van der Waals surface area contributed by atoms with Crippen molar-refractivity contribution in [2.24, 2.45) is 0 Å². The zero-order chi connectivity index (χ0) is 34.7. The van der Waals surface area contributed by atoms with Gasteiger partial charge >= 0.3 is 0 Å². The normalized spacial score (nSPS) is 11.0. The molecule has 6 aromatic rings. The molecule has 0 saturated carbocycles. The van der Waals surface area contributed by atoms with E-state index in [1.165, 1.54) is 23.1 Å². The standard InChI is InChI=1S/C40H32N4O4S2/c1-48-33-16-8-14-31(23-33)36-25-50-40(43-36)44-37(45)26-49-34-17-9-15-32(24-34)41-39(47)35(42-38(46)30-12-6-3-7-13-30)22-27-18-20-29(21-19-27)28-10-4-2-5-11-28/h2-25H,26H2,1H3,(H,41,47)(H,42,46)(H,43,44,45)/b35-22+. The molecule has 0 aliphatic heterocycles. The number of benzene rings is 5. The summed E-state index contributed by atoms with van der Waals surface area (Å²) in [5, 5.41) is 10.9. The highest BCUT2D eigenvalue weighted by Gasteiger charge is 2.16. The van der Waals surface area contributed by atoms with Crippen molar-refractivity contribution in [2.45, 2.75) is 4.90 Å². The van der Waals surface area contributed by atoms with Crippen molar-refractivity contribution >= 4 is 57.7 Å². The second-order valence-corrected chi connectivity index (χ2v) is 12.9. The van der Waals surface area contributed by atoms with Crippen LogP contribution in [0.5, 0.6) is 5.75 Å². The van der Waals surface area contributed by atoms with E-state index in [9.17, 15) is 14.4 Å². The molecule has 0 aliphatic rings. The van der Waals surface area contributed by atoms with Gasteiger partial charge in [0.05, 0.1) is 18.6 Å². The van der Waals surface area contributed by atoms with Crippen molar-refractivity contribution in [3.63, 3.8) is 0 Å². The van der Waals surface area contributed by atoms with Crippen LogP contribution in [-0.4, -0.2) is 35.6 Å². The SMILES string of the molecule is COc1cccc(-c2csc(NC(=O)CSc3cccc(NC(=O)/C(=C\c4ccc(-c5ccccc5)cc4)NC(=O)c4ccccc4)c3)n2)c1. The summed E-state index contributed by atoms with van der Waals surface area (Å²) in [4.78, 5) is 44.8. The van der Waals surface area contributed by atoms with E-state index in [1.54, 1.807) is 55.7 Å². The molecule has 1 aromatic heterocycles. The summed E-state index contributed by atoms with van der Waals surface area (Å²) in [6, 6.07) is 41.2. The van der Waals surface area contributed by atoms with Crippen LogP contribution >= 0.6 is 23.1 Å². The van der Waals surface area contributed by atoms with Crippen LogP contribution in [0.25, 0.3) is 28.5 Å². The van der Waals surface area contributed by atoms with Gasteiger partial charge in [-0.2, -0.15) is 0 Å². The fourth-order valence-corrected chi connectivity index (χ4v) is 6.41. The molecular formula is C40H32N4O4S2. The lowest BCUT2D eigenvalue weighted by molar-refractivity contribution is -0.114. The lowest BCUT2D eigenvalue weighted by Gasteiger charge is -2.12. The van der Waals surface area contributed by atoms with Gasteiger partial charge in [-0.3, -0.25) is 14.4 Å². The second kappa shape index (κ2) is 16.4. The van der Waals surface area contributed by atoms with Crippen LogP contribution in [0.15, 0.2) is 149 Å². The molecule has 0 unspecified atom stereocenters. The van der Waals surface area contributed by atoms with Gasteiger partial charge in [-0.05, 0) is 65.2 Å². The van der Waals surface area contributed by atoms with Crippen LogP contribution < -0.4 is 20.7 Å². The Morgan fingerprint density at radius 3 is 2.22 bits per heavy atom. The summed E-state index contributed by atoms with van der Waals surface area (Å²) in [5.74, 6) is -0.226. The van der Waals surface area contributed by atoms with Crippen LogP contribution in [-0.2, 0) is 9.59 Å². The summed E-state index contributed by atoms with van der Waals surface area (Å²) >= 11 is 2.67. The molecule has 50 heavy (non-hydrogen) atoms. The summed E-state index contributed by atoms with van der Waals surface area (Å²) in [5.41, 5.74) is 5.53. The van der Waals surface area contributed by atoms with Gasteiger partial charge < -0.3 is 20.7 Å². The molecule has 1 heterocycles. The zero-order valence-corrected chi connectivity index (χ0v) is 28.6. The molecule has 3 N–H and O–H groups in total. The number of hydrogen-bond acceptors (Lipinski definition) is 7. The maximum absolute atomic E-state index is 13.6. The lowest BCUT2D eigenvalue weighted by atomic mass is 10.0. The first-order valence-corrected chi connectivity index (χ1v) is 17.5. The molecule has 10 heteroatoms. The van der Waals surface area contributed by atoms with Gasteiger partial charge in [0.25, 0.3) is 11.8 Å². The predicted octanol–water partition coefficient (Wildman–Crippen LogP) is 8.63. The molecule has 0 bridgehead atoms. The van der Waals surface area contributed by atoms with E-state index < -0.39 is 11.8 Å². The van der Waals surface area contributed by atoms with E-state index in [2.05, 4.69) is 20.9 Å². The highest BCUT2D eigenvalue weighted by molar-refractivity contribution is 8.00. The first-order chi connectivity index (χ1) is 24.4. The fourth-order valence-electron chi connectivity index (χ4n) is 4.92. The number of aromatic nitrogens is 1. The number of thioether (sulfide) groups is 1. The molecule has 0 radical (unpaired) electrons. The summed E-state index contributed by atoms with van der Waals surface area (Å²) < 4.78 is 5.30. The topological polar surface area (TPSA) is 109 Å². The number of hydrogen-bond donors (Lipinski definition) is 3. The van der Waals surface area contributed by atoms with Crippen LogP contribution in [0.1, 0.15) is 15.9 Å². The number of nitrogens with zero attached hydrogens (tertiary/aromatic N) is 1. The van der Waals surface area contributed by atoms with Crippen molar-refractivity contribution in [1.82, 2.24) is 10.3 Å². The zero-order valence-electron chi connectivity index (χ0n) is 27.0. The third-order valence-electron chi connectivity index (χ3n) is 7.44. The maximum Gasteiger partial charge on any atom is 0.272 e. The largest absolute Gasteiger partial charge is 0.497 e. The molecule has 3 amide bonds. The summed E-state index contributed by atoms with van der Waals surface area (Å²) in [6.07, 6.45) is 1.65. The molecule has 6 rings (SSSR count). The van der Waals surface area contributed by atoms with Crippen molar-refractivity contribution in [2.75, 3.05) is 23.5 Å². The van der Waals surface area contributed by atoms with E-state index in [4.69, 9.17) is 4.74 Å². The first kappa shape index (κ1) is 33.9. The van der Waals surface area contributed by atoms with Crippen molar-refractivity contribution in [1.29, 1.82) is 0 Å². The Hall–Kier alpha value is -5.97. The molecule has 8 nitrogen and oxygen atoms in total. The Bertz CT molecular complexity index is 2130. The Labute approximate surface area is 298 Å². The highest BCUT2D eigenvalue weighted by atomic mass is 32.2. The van der Waals surface area contributed by atoms with Gasteiger partial charge in [0.15, 0.2) is 5.13 Å². The number of carbonyl (C=O) groups excluding carboxylic acids is 3. The average Bonchev–Trinajstić information content (AvgIpc) is 3.63. The van der Waals surface area contributed by atoms with Gasteiger partial charge in [-0.25, -0.2) is 4.98 Å². The second-order valence-electron chi connectivity index (χ2n) is 11.0. The average molecular weight is 697 g/mol. The Morgan fingerprint density at radius 1 is 0.760 bits per heavy atom. The molecular weight excluding hydrogens is 665 g/mol. The first-order valence-electron chi connectivity index (χ1n) is 15.6. The van der Waals surface area contributed by atoms with E-state index in [1.807, 2.05) is 96.4 Å². The number of amides is 3. The van der Waals surface area contributed by atoms with Crippen molar-refractivity contribution in [3.8, 4) is 28.1 Å². The van der Waals surface area contributed by atoms with E-state index >= 15 is 0 Å². The Morgan fingerprint density at radius 2 is 1.46 bits per heavy atom. The molecule has 0 atom stereocenters. The molecule has 0 saturated heterocycles. The van der Waals surface area contributed by atoms with Gasteiger partial charge in [0, 0.05) is 27.1 Å². The van der Waals surface area contributed by atoms with Crippen LogP contribution in [0.2, 0.25) is 0 Å². The van der Waals surface area contributed by atoms with Gasteiger partial charge in [-0.15, -0.1) is 23.1 Å². The third kappa shape index (κ3) is 9.13. The number of nitrogens with one attached hydrogen (secondary N) is 3. The summed E-state index contributed by atoms with van der Waals surface area (Å²) in [7, 11) is 1.61. The fraction of sp³-hybridized carbons (Fsp3) is 0.0500. The number of thiazole rings is 1. The minimum Gasteiger partial charge on any atom is -0.497 e. The monoisotopic (exact) mass is 696 g/mol. The Balaban J connectivity index is 1.11. The predicted molar refractivity (Wildman–Crippen MR) is 202 cm³/mol. The number of rotatable bonds is 12. The molecule has 0 fully saturated rings. The van der Waals surface area contributed by atoms with E-state index in [0.717, 1.165) is 38.6 Å². The van der Waals surface area contributed by atoms with Crippen LogP contribution in [0, 0.1) is 0 Å². The number of anilines is 2. The minimum atomic E-state index is -0.489. The number of methoxy groups -OCH3 is 1. The van der Waals surface area contributed by atoms with Crippen LogP contribution in [0.3, 0.4) is 0 Å². The highest BCUT2D eigenvalue weighted by Crippen LogP contribution is 2.28. The van der Waals surface area contributed by atoms with E-state index in [0.29, 0.717) is 16.4 Å². The Kier molecular flexibility index (Phi) is 11.1. The minimum absolute atomic E-state index is 0.0838. The lowest BCUT2D eigenvalue weighted by Crippen LogP contribution is -2.30. The van der Waals surface area contributed by atoms with Crippen LogP contribution in [0.4, 0.5) is 10.8 Å². The quantitative estimate of drug-likeness (QED) is 0.0874.